The van der Waals surface area contributed by atoms with Gasteiger partial charge in [0.25, 0.3) is 0 Å². The van der Waals surface area contributed by atoms with Gasteiger partial charge in [0.05, 0.1) is 37.3 Å². The first-order valence-electron chi connectivity index (χ1n) is 9.26. The molecule has 1 rings (SSSR count). The Balaban J connectivity index is 3.40. The lowest BCUT2D eigenvalue weighted by Gasteiger charge is -2.51. The Morgan fingerprint density at radius 3 is 1.88 bits per heavy atom. The maximum absolute atomic E-state index is 12.9. The van der Waals surface area contributed by atoms with E-state index in [1.54, 1.807) is 13.8 Å². The van der Waals surface area contributed by atoms with Gasteiger partial charge in [0.2, 0.25) is 0 Å². The quantitative estimate of drug-likeness (QED) is 0.697. The highest BCUT2D eigenvalue weighted by Gasteiger charge is 2.60. The molecule has 25 heavy (non-hydrogen) atoms. The Bertz CT molecular complexity index is 485. The molecule has 1 aliphatic rings. The van der Waals surface area contributed by atoms with Crippen molar-refractivity contribution in [3.63, 3.8) is 0 Å². The monoisotopic (exact) mass is 356 g/mol. The predicted octanol–water partition coefficient (Wildman–Crippen LogP) is 3.99. The van der Waals surface area contributed by atoms with E-state index in [1.807, 2.05) is 20.8 Å². The third kappa shape index (κ3) is 4.75. The number of carbonyl (C=O) groups excluding carboxylic acids is 2. The van der Waals surface area contributed by atoms with Gasteiger partial charge in [0.1, 0.15) is 0 Å². The molecule has 0 radical (unpaired) electrons. The lowest BCUT2D eigenvalue weighted by atomic mass is 9.56. The molecule has 0 amide bonds. The van der Waals surface area contributed by atoms with E-state index >= 15 is 0 Å². The first kappa shape index (κ1) is 21.9. The summed E-state index contributed by atoms with van der Waals surface area (Å²) in [6.07, 6.45) is 0.981. The van der Waals surface area contributed by atoms with Gasteiger partial charge in [0.15, 0.2) is 0 Å². The number of esters is 2. The molecular weight excluding hydrogens is 320 g/mol. The summed E-state index contributed by atoms with van der Waals surface area (Å²) in [6.45, 7) is 17.0. The SMILES string of the molecule is CCOC(=O)C1(CC(C)(C)C)COCC(C(=O)OCC)(C(C)(C)C)C1. The first-order chi connectivity index (χ1) is 11.3. The fourth-order valence-corrected chi connectivity index (χ4v) is 3.90. The zero-order valence-corrected chi connectivity index (χ0v) is 17.3. The molecule has 1 fully saturated rings. The number of hydrogen-bond donors (Lipinski definition) is 0. The third-order valence-corrected chi connectivity index (χ3v) is 5.05. The fourth-order valence-electron chi connectivity index (χ4n) is 3.90. The predicted molar refractivity (Wildman–Crippen MR) is 97.1 cm³/mol. The van der Waals surface area contributed by atoms with Crippen LogP contribution >= 0.6 is 0 Å². The van der Waals surface area contributed by atoms with Crippen LogP contribution in [-0.2, 0) is 23.8 Å². The normalized spacial score (nSPS) is 27.7. The molecule has 0 saturated carbocycles. The second kappa shape index (κ2) is 7.65. The van der Waals surface area contributed by atoms with Crippen LogP contribution in [0.4, 0.5) is 0 Å². The third-order valence-electron chi connectivity index (χ3n) is 5.05. The summed E-state index contributed by atoms with van der Waals surface area (Å²) in [5.74, 6) is -0.563. The van der Waals surface area contributed by atoms with Crippen molar-refractivity contribution in [1.82, 2.24) is 0 Å². The summed E-state index contributed by atoms with van der Waals surface area (Å²) in [4.78, 5) is 25.9. The van der Waals surface area contributed by atoms with Gasteiger partial charge in [-0.1, -0.05) is 41.5 Å². The molecule has 1 heterocycles. The zero-order chi connectivity index (χ0) is 19.5. The van der Waals surface area contributed by atoms with Crippen molar-refractivity contribution in [3.8, 4) is 0 Å². The topological polar surface area (TPSA) is 61.8 Å². The summed E-state index contributed by atoms with van der Waals surface area (Å²) >= 11 is 0. The molecule has 1 aliphatic heterocycles. The number of carbonyl (C=O) groups is 2. The second-order valence-corrected chi connectivity index (χ2v) is 9.46. The summed E-state index contributed by atoms with van der Waals surface area (Å²) in [5, 5.41) is 0. The summed E-state index contributed by atoms with van der Waals surface area (Å²) in [5.41, 5.74) is -2.23. The molecule has 0 aromatic carbocycles. The van der Waals surface area contributed by atoms with E-state index in [-0.39, 0.29) is 30.6 Å². The van der Waals surface area contributed by atoms with Gasteiger partial charge in [-0.3, -0.25) is 9.59 Å². The molecule has 2 atom stereocenters. The highest BCUT2D eigenvalue weighted by Crippen LogP contribution is 2.54. The van der Waals surface area contributed by atoms with Gasteiger partial charge in [-0.15, -0.1) is 0 Å². The van der Waals surface area contributed by atoms with Crippen LogP contribution in [0, 0.1) is 21.7 Å². The van der Waals surface area contributed by atoms with Crippen molar-refractivity contribution >= 4 is 11.9 Å². The van der Waals surface area contributed by atoms with E-state index in [0.29, 0.717) is 26.1 Å². The van der Waals surface area contributed by atoms with Gasteiger partial charge in [0, 0.05) is 0 Å². The van der Waals surface area contributed by atoms with E-state index in [2.05, 4.69) is 20.8 Å². The van der Waals surface area contributed by atoms with Crippen molar-refractivity contribution in [2.24, 2.45) is 21.7 Å². The molecule has 0 spiro atoms. The summed E-state index contributed by atoms with van der Waals surface area (Å²) in [7, 11) is 0. The minimum absolute atomic E-state index is 0.105. The van der Waals surface area contributed by atoms with Crippen molar-refractivity contribution in [2.45, 2.75) is 68.2 Å². The number of ether oxygens (including phenoxy) is 3. The summed E-state index contributed by atoms with van der Waals surface area (Å²) < 4.78 is 16.7. The van der Waals surface area contributed by atoms with Crippen molar-refractivity contribution in [1.29, 1.82) is 0 Å². The van der Waals surface area contributed by atoms with Crippen molar-refractivity contribution < 1.29 is 23.8 Å². The molecule has 0 aromatic rings. The van der Waals surface area contributed by atoms with Gasteiger partial charge >= 0.3 is 11.9 Å². The van der Waals surface area contributed by atoms with Crippen molar-refractivity contribution in [2.75, 3.05) is 26.4 Å². The van der Waals surface area contributed by atoms with Crippen LogP contribution < -0.4 is 0 Å². The van der Waals surface area contributed by atoms with Gasteiger partial charge in [-0.2, -0.15) is 0 Å². The minimum Gasteiger partial charge on any atom is -0.465 e. The van der Waals surface area contributed by atoms with E-state index < -0.39 is 16.2 Å². The van der Waals surface area contributed by atoms with Crippen LogP contribution in [0.5, 0.6) is 0 Å². The Morgan fingerprint density at radius 1 is 0.920 bits per heavy atom. The molecule has 5 heteroatoms. The molecular formula is C20H36O5. The molecule has 0 aliphatic carbocycles. The molecule has 5 nitrogen and oxygen atoms in total. The fraction of sp³-hybridized carbons (Fsp3) is 0.900. The van der Waals surface area contributed by atoms with Crippen molar-refractivity contribution in [3.05, 3.63) is 0 Å². The van der Waals surface area contributed by atoms with Crippen LogP contribution in [-0.4, -0.2) is 38.4 Å². The van der Waals surface area contributed by atoms with Crippen LogP contribution in [0.3, 0.4) is 0 Å². The maximum atomic E-state index is 12.9. The van der Waals surface area contributed by atoms with E-state index in [0.717, 1.165) is 0 Å². The average Bonchev–Trinajstić information content (AvgIpc) is 2.44. The Hall–Kier alpha value is -1.10. The first-order valence-corrected chi connectivity index (χ1v) is 9.26. The Kier molecular flexibility index (Phi) is 6.71. The standard InChI is InChI=1S/C20H36O5/c1-9-24-15(21)19(11-17(3,4)5)12-20(14-23-13-19,18(6,7)8)16(22)25-10-2/h9-14H2,1-8H3. The van der Waals surface area contributed by atoms with Crippen LogP contribution in [0.2, 0.25) is 0 Å². The van der Waals surface area contributed by atoms with E-state index in [4.69, 9.17) is 14.2 Å². The molecule has 1 saturated heterocycles. The largest absolute Gasteiger partial charge is 0.465 e. The molecule has 0 bridgehead atoms. The molecule has 0 N–H and O–H groups in total. The molecule has 0 aromatic heterocycles. The smallest absolute Gasteiger partial charge is 0.314 e. The van der Waals surface area contributed by atoms with E-state index in [9.17, 15) is 9.59 Å². The minimum atomic E-state index is -0.876. The highest BCUT2D eigenvalue weighted by molar-refractivity contribution is 5.82. The Labute approximate surface area is 152 Å². The van der Waals surface area contributed by atoms with Crippen LogP contribution in [0.1, 0.15) is 68.2 Å². The van der Waals surface area contributed by atoms with Gasteiger partial charge in [-0.25, -0.2) is 0 Å². The van der Waals surface area contributed by atoms with Gasteiger partial charge < -0.3 is 14.2 Å². The van der Waals surface area contributed by atoms with E-state index in [1.165, 1.54) is 0 Å². The number of hydrogen-bond acceptors (Lipinski definition) is 5. The molecule has 2 unspecified atom stereocenters. The molecule has 146 valence electrons. The second-order valence-electron chi connectivity index (χ2n) is 9.46. The van der Waals surface area contributed by atoms with Crippen LogP contribution in [0.15, 0.2) is 0 Å². The summed E-state index contributed by atoms with van der Waals surface area (Å²) in [6, 6.07) is 0. The average molecular weight is 357 g/mol. The van der Waals surface area contributed by atoms with Crippen LogP contribution in [0.25, 0.3) is 0 Å². The van der Waals surface area contributed by atoms with Gasteiger partial charge in [-0.05, 0) is 37.5 Å². The maximum Gasteiger partial charge on any atom is 0.314 e. The Morgan fingerprint density at radius 2 is 1.44 bits per heavy atom. The lowest BCUT2D eigenvalue weighted by Crippen LogP contribution is -2.58. The number of rotatable bonds is 5. The lowest BCUT2D eigenvalue weighted by molar-refractivity contribution is -0.202. The highest BCUT2D eigenvalue weighted by atomic mass is 16.5. The zero-order valence-electron chi connectivity index (χ0n) is 17.3.